The molecular formula is C14H19N5O2. The van der Waals surface area contributed by atoms with Crippen LogP contribution in [0.2, 0.25) is 0 Å². The molecule has 7 nitrogen and oxygen atoms in total. The van der Waals surface area contributed by atoms with Crippen LogP contribution in [0, 0.1) is 0 Å². The van der Waals surface area contributed by atoms with Gasteiger partial charge in [0.1, 0.15) is 5.52 Å². The fourth-order valence-corrected chi connectivity index (χ4v) is 1.96. The summed E-state index contributed by atoms with van der Waals surface area (Å²) in [6.07, 6.45) is 1.09. The Labute approximate surface area is 122 Å². The molecule has 0 unspecified atom stereocenters. The first-order valence-electron chi connectivity index (χ1n) is 6.96. The van der Waals surface area contributed by atoms with Crippen molar-refractivity contribution in [3.05, 3.63) is 34.6 Å². The van der Waals surface area contributed by atoms with Crippen molar-refractivity contribution >= 4 is 16.8 Å². The summed E-state index contributed by atoms with van der Waals surface area (Å²) >= 11 is 0. The first-order chi connectivity index (χ1) is 10.2. The van der Waals surface area contributed by atoms with Crippen molar-refractivity contribution in [1.29, 1.82) is 0 Å². The van der Waals surface area contributed by atoms with Gasteiger partial charge in [-0.3, -0.25) is 9.59 Å². The topological polar surface area (TPSA) is 88.9 Å². The molecule has 112 valence electrons. The molecule has 1 amide bonds. The van der Waals surface area contributed by atoms with Gasteiger partial charge in [-0.25, -0.2) is 4.68 Å². The van der Waals surface area contributed by atoms with Crippen molar-refractivity contribution in [3.63, 3.8) is 0 Å². The lowest BCUT2D eigenvalue weighted by Crippen LogP contribution is -2.30. The van der Waals surface area contributed by atoms with Gasteiger partial charge in [0.15, 0.2) is 0 Å². The molecular weight excluding hydrogens is 270 g/mol. The fraction of sp³-hybridized carbons (Fsp3) is 0.429. The lowest BCUT2D eigenvalue weighted by atomic mass is 10.2. The maximum Gasteiger partial charge on any atom is 0.277 e. The molecule has 0 atom stereocenters. The summed E-state index contributed by atoms with van der Waals surface area (Å²) in [7, 11) is 1.87. The fourth-order valence-electron chi connectivity index (χ4n) is 1.96. The predicted octanol–water partition coefficient (Wildman–Crippen LogP) is -0.0927. The largest absolute Gasteiger partial charge is 0.356 e. The molecule has 0 aliphatic carbocycles. The van der Waals surface area contributed by atoms with Crippen LogP contribution in [0.3, 0.4) is 0 Å². The van der Waals surface area contributed by atoms with Crippen LogP contribution in [-0.2, 0) is 11.3 Å². The van der Waals surface area contributed by atoms with E-state index in [1.165, 1.54) is 4.68 Å². The predicted molar refractivity (Wildman–Crippen MR) is 80.0 cm³/mol. The van der Waals surface area contributed by atoms with E-state index >= 15 is 0 Å². The van der Waals surface area contributed by atoms with Crippen LogP contribution in [0.1, 0.15) is 12.8 Å². The molecule has 1 aromatic carbocycles. The molecule has 0 saturated carbocycles. The Hall–Kier alpha value is -2.28. The van der Waals surface area contributed by atoms with Gasteiger partial charge >= 0.3 is 0 Å². The average Bonchev–Trinajstić information content (AvgIpc) is 2.51. The molecule has 0 bridgehead atoms. The minimum absolute atomic E-state index is 0.0899. The van der Waals surface area contributed by atoms with Crippen molar-refractivity contribution < 1.29 is 4.79 Å². The summed E-state index contributed by atoms with van der Waals surface area (Å²) in [6.45, 7) is 1.71. The molecule has 0 aliphatic rings. The Bertz CT molecular complexity index is 668. The van der Waals surface area contributed by atoms with Crippen molar-refractivity contribution in [3.8, 4) is 0 Å². The zero-order valence-corrected chi connectivity index (χ0v) is 12.0. The van der Waals surface area contributed by atoms with Crippen molar-refractivity contribution in [2.24, 2.45) is 0 Å². The third-order valence-electron chi connectivity index (χ3n) is 3.11. The molecule has 0 spiro atoms. The second-order valence-corrected chi connectivity index (χ2v) is 4.69. The maximum atomic E-state index is 12.2. The van der Waals surface area contributed by atoms with Gasteiger partial charge in [0.05, 0.1) is 11.9 Å². The highest BCUT2D eigenvalue weighted by Crippen LogP contribution is 2.03. The first-order valence-corrected chi connectivity index (χ1v) is 6.96. The van der Waals surface area contributed by atoms with Gasteiger partial charge in [0, 0.05) is 13.0 Å². The Balaban J connectivity index is 1.93. The number of hydrogen-bond donors (Lipinski definition) is 2. The molecule has 1 heterocycles. The van der Waals surface area contributed by atoms with Gasteiger partial charge < -0.3 is 10.6 Å². The zero-order chi connectivity index (χ0) is 15.1. The molecule has 1 aromatic heterocycles. The molecule has 2 rings (SSSR count). The van der Waals surface area contributed by atoms with Gasteiger partial charge in [0.25, 0.3) is 5.56 Å². The number of nitrogens with one attached hydrogen (secondary N) is 2. The molecule has 7 heteroatoms. The van der Waals surface area contributed by atoms with Crippen LogP contribution < -0.4 is 16.2 Å². The van der Waals surface area contributed by atoms with E-state index in [2.05, 4.69) is 20.9 Å². The molecule has 0 aliphatic heterocycles. The summed E-state index contributed by atoms with van der Waals surface area (Å²) in [5.41, 5.74) is 0.346. The second kappa shape index (κ2) is 7.49. The standard InChI is InChI=1S/C14H19N5O2/c1-15-8-4-9-16-13(20)7-10-19-14(21)11-5-2-3-6-12(11)17-18-19/h2-3,5-6,15H,4,7-10H2,1H3,(H,16,20). The van der Waals surface area contributed by atoms with Gasteiger partial charge in [-0.15, -0.1) is 5.10 Å². The number of carbonyl (C=O) groups is 1. The van der Waals surface area contributed by atoms with Gasteiger partial charge in [-0.05, 0) is 32.1 Å². The monoisotopic (exact) mass is 289 g/mol. The van der Waals surface area contributed by atoms with E-state index in [-0.39, 0.29) is 24.4 Å². The SMILES string of the molecule is CNCCCNC(=O)CCn1nnc2ccccc2c1=O. The summed E-state index contributed by atoms with van der Waals surface area (Å²) in [5.74, 6) is -0.0899. The number of amides is 1. The van der Waals surface area contributed by atoms with Crippen LogP contribution >= 0.6 is 0 Å². The van der Waals surface area contributed by atoms with Crippen LogP contribution in [0.5, 0.6) is 0 Å². The molecule has 0 saturated heterocycles. The number of carbonyl (C=O) groups excluding carboxylic acids is 1. The Morgan fingerprint density at radius 3 is 2.90 bits per heavy atom. The highest BCUT2D eigenvalue weighted by Gasteiger charge is 2.07. The second-order valence-electron chi connectivity index (χ2n) is 4.69. The van der Waals surface area contributed by atoms with Crippen molar-refractivity contribution in [2.75, 3.05) is 20.1 Å². The number of rotatable bonds is 7. The van der Waals surface area contributed by atoms with Crippen molar-refractivity contribution in [1.82, 2.24) is 25.6 Å². The number of fused-ring (bicyclic) bond motifs is 1. The molecule has 21 heavy (non-hydrogen) atoms. The van der Waals surface area contributed by atoms with Crippen LogP contribution in [-0.4, -0.2) is 41.0 Å². The lowest BCUT2D eigenvalue weighted by Gasteiger charge is -2.06. The molecule has 0 fully saturated rings. The first kappa shape index (κ1) is 15.1. The van der Waals surface area contributed by atoms with E-state index < -0.39 is 0 Å². The van der Waals surface area contributed by atoms with Gasteiger partial charge in [0.2, 0.25) is 5.91 Å². The minimum atomic E-state index is -0.219. The normalized spacial score (nSPS) is 10.7. The third-order valence-corrected chi connectivity index (χ3v) is 3.11. The van der Waals surface area contributed by atoms with Crippen molar-refractivity contribution in [2.45, 2.75) is 19.4 Å². The van der Waals surface area contributed by atoms with Crippen LogP contribution in [0.25, 0.3) is 10.9 Å². The molecule has 2 aromatic rings. The molecule has 2 N–H and O–H groups in total. The highest BCUT2D eigenvalue weighted by molar-refractivity contribution is 5.77. The van der Waals surface area contributed by atoms with E-state index in [0.29, 0.717) is 17.4 Å². The summed E-state index contributed by atoms with van der Waals surface area (Å²) in [6, 6.07) is 7.03. The van der Waals surface area contributed by atoms with E-state index in [9.17, 15) is 9.59 Å². The minimum Gasteiger partial charge on any atom is -0.356 e. The number of hydrogen-bond acceptors (Lipinski definition) is 5. The van der Waals surface area contributed by atoms with E-state index in [0.717, 1.165) is 13.0 Å². The Morgan fingerprint density at radius 1 is 1.29 bits per heavy atom. The number of aryl methyl sites for hydroxylation is 1. The van der Waals surface area contributed by atoms with Gasteiger partial charge in [-0.1, -0.05) is 17.3 Å². The van der Waals surface area contributed by atoms with E-state index in [1.807, 2.05) is 7.05 Å². The lowest BCUT2D eigenvalue weighted by molar-refractivity contribution is -0.121. The summed E-state index contributed by atoms with van der Waals surface area (Å²) < 4.78 is 1.23. The average molecular weight is 289 g/mol. The van der Waals surface area contributed by atoms with E-state index in [4.69, 9.17) is 0 Å². The van der Waals surface area contributed by atoms with Crippen LogP contribution in [0.4, 0.5) is 0 Å². The summed E-state index contributed by atoms with van der Waals surface area (Å²) in [4.78, 5) is 23.8. The van der Waals surface area contributed by atoms with E-state index in [1.54, 1.807) is 24.3 Å². The van der Waals surface area contributed by atoms with Gasteiger partial charge in [-0.2, -0.15) is 0 Å². The molecule has 0 radical (unpaired) electrons. The zero-order valence-electron chi connectivity index (χ0n) is 12.0. The smallest absolute Gasteiger partial charge is 0.277 e. The van der Waals surface area contributed by atoms with Crippen LogP contribution in [0.15, 0.2) is 29.1 Å². The Kier molecular flexibility index (Phi) is 5.39. The Morgan fingerprint density at radius 2 is 2.10 bits per heavy atom. The third kappa shape index (κ3) is 4.09. The number of benzene rings is 1. The number of nitrogens with zero attached hydrogens (tertiary/aromatic N) is 3. The number of aromatic nitrogens is 3. The summed E-state index contributed by atoms with van der Waals surface area (Å²) in [5, 5.41) is 14.2. The quantitative estimate of drug-likeness (QED) is 0.695. The maximum absolute atomic E-state index is 12.2. The highest BCUT2D eigenvalue weighted by atomic mass is 16.2.